The van der Waals surface area contributed by atoms with E-state index in [2.05, 4.69) is 0 Å². The van der Waals surface area contributed by atoms with Crippen LogP contribution in [0.5, 0.6) is 0 Å². The molecule has 0 aliphatic heterocycles. The van der Waals surface area contributed by atoms with Gasteiger partial charge in [0.05, 0.1) is 6.07 Å². The van der Waals surface area contributed by atoms with Gasteiger partial charge in [-0.3, -0.25) is 0 Å². The van der Waals surface area contributed by atoms with Crippen molar-refractivity contribution in [3.05, 3.63) is 41.0 Å². The van der Waals surface area contributed by atoms with Crippen molar-refractivity contribution in [2.24, 2.45) is 7.05 Å². The molecule has 104 valence electrons. The second kappa shape index (κ2) is 6.33. The van der Waals surface area contributed by atoms with Crippen LogP contribution in [0.3, 0.4) is 0 Å². The molecular weight excluding hydrogens is 297 g/mol. The van der Waals surface area contributed by atoms with Gasteiger partial charge in [0.25, 0.3) is 0 Å². The van der Waals surface area contributed by atoms with Crippen LogP contribution >= 0.6 is 11.6 Å². The molecule has 0 aliphatic rings. The zero-order valence-electron chi connectivity index (χ0n) is 10.1. The number of halogens is 2. The molecule has 19 heavy (non-hydrogen) atoms. The monoisotopic (exact) mass is 307 g/mol. The van der Waals surface area contributed by atoms with E-state index >= 15 is 0 Å². The number of aromatic nitrogens is 1. The Kier molecular flexibility index (Phi) is 5.30. The molecule has 0 bridgehead atoms. The molecule has 1 aromatic heterocycles. The Morgan fingerprint density at radius 1 is 1.11 bits per heavy atom. The number of nitrogens with zero attached hydrogens (tertiary/aromatic N) is 1. The van der Waals surface area contributed by atoms with E-state index in [1.807, 2.05) is 44.3 Å². The third-order valence-electron chi connectivity index (χ3n) is 2.20. The van der Waals surface area contributed by atoms with E-state index < -0.39 is 10.2 Å². The summed E-state index contributed by atoms with van der Waals surface area (Å²) in [5.41, 5.74) is 2.13. The van der Waals surface area contributed by atoms with Gasteiger partial charge < -0.3 is 0 Å². The number of hydrogen-bond acceptors (Lipinski definition) is 5. The molecule has 0 fully saturated rings. The SMILES string of the molecule is Cc1cc(-c2ccc(Cl)cc2)o[n+]1C.[O-][Cl+3]([O-])([O-])[O-]. The van der Waals surface area contributed by atoms with E-state index in [1.54, 1.807) is 4.74 Å². The summed E-state index contributed by atoms with van der Waals surface area (Å²) in [6.45, 7) is 2.00. The smallest absolute Gasteiger partial charge is 0.228 e. The number of hydrogen-bond donors (Lipinski definition) is 0. The average molecular weight is 308 g/mol. The Balaban J connectivity index is 0.000000312. The molecular formula is C11H11Cl2NO5. The van der Waals surface area contributed by atoms with E-state index in [4.69, 9.17) is 34.8 Å². The predicted molar refractivity (Wildman–Crippen MR) is 55.1 cm³/mol. The molecule has 0 radical (unpaired) electrons. The minimum Gasteiger partial charge on any atom is -0.236 e. The van der Waals surface area contributed by atoms with Crippen LogP contribution in [0.4, 0.5) is 0 Å². The first-order chi connectivity index (χ1) is 8.66. The molecule has 0 saturated heterocycles. The van der Waals surface area contributed by atoms with E-state index in [9.17, 15) is 0 Å². The highest BCUT2D eigenvalue weighted by Crippen LogP contribution is 2.21. The fraction of sp³-hybridized carbons (Fsp3) is 0.182. The Morgan fingerprint density at radius 3 is 1.95 bits per heavy atom. The predicted octanol–water partition coefficient (Wildman–Crippen LogP) is -2.02. The van der Waals surface area contributed by atoms with Gasteiger partial charge in [-0.15, -0.1) is 10.2 Å². The minimum atomic E-state index is -4.94. The van der Waals surface area contributed by atoms with Gasteiger partial charge in [0.15, 0.2) is 7.05 Å². The molecule has 0 amide bonds. The second-order valence-corrected chi connectivity index (χ2v) is 4.82. The maximum Gasteiger partial charge on any atom is 0.228 e. The van der Waals surface area contributed by atoms with Crippen LogP contribution in [0.2, 0.25) is 5.02 Å². The standard InChI is InChI=1S/C11H11ClNO.ClHO4/c1-8-7-11(14-13(8)2)9-3-5-10(12)6-4-9;2-1(3,4)5/h3-7H,1-2H3;(H,2,3,4,5)/q+1;/p-1. The summed E-state index contributed by atoms with van der Waals surface area (Å²) in [4.78, 5) is 0. The van der Waals surface area contributed by atoms with Gasteiger partial charge in [0.2, 0.25) is 11.5 Å². The maximum atomic E-state index is 8.49. The average Bonchev–Trinajstić information content (AvgIpc) is 2.58. The molecule has 0 unspecified atom stereocenters. The Morgan fingerprint density at radius 2 is 1.58 bits per heavy atom. The summed E-state index contributed by atoms with van der Waals surface area (Å²) in [5.74, 6) is 0.863. The lowest BCUT2D eigenvalue weighted by molar-refractivity contribution is -2.00. The quantitative estimate of drug-likeness (QED) is 0.565. The van der Waals surface area contributed by atoms with Crippen LogP contribution in [-0.2, 0) is 7.05 Å². The first-order valence-corrected chi connectivity index (χ1v) is 6.62. The fourth-order valence-electron chi connectivity index (χ4n) is 1.28. The van der Waals surface area contributed by atoms with Crippen LogP contribution in [0.1, 0.15) is 5.69 Å². The Labute approximate surface area is 116 Å². The molecule has 0 aliphatic carbocycles. The van der Waals surface area contributed by atoms with Gasteiger partial charge in [-0.25, -0.2) is 23.2 Å². The van der Waals surface area contributed by atoms with Crippen molar-refractivity contribution in [2.75, 3.05) is 0 Å². The topological polar surface area (TPSA) is 109 Å². The molecule has 1 aromatic carbocycles. The van der Waals surface area contributed by atoms with E-state index in [0.29, 0.717) is 0 Å². The lowest BCUT2D eigenvalue weighted by atomic mass is 10.2. The summed E-state index contributed by atoms with van der Waals surface area (Å²) in [6, 6.07) is 9.61. The van der Waals surface area contributed by atoms with Crippen molar-refractivity contribution in [3.8, 4) is 11.3 Å². The van der Waals surface area contributed by atoms with Crippen LogP contribution in [0, 0.1) is 17.2 Å². The molecule has 0 N–H and O–H groups in total. The van der Waals surface area contributed by atoms with Crippen LogP contribution < -0.4 is 23.4 Å². The molecule has 8 heteroatoms. The Hall–Kier alpha value is -1.15. The lowest BCUT2D eigenvalue weighted by Crippen LogP contribution is -2.68. The summed E-state index contributed by atoms with van der Waals surface area (Å²) in [6.07, 6.45) is 0. The van der Waals surface area contributed by atoms with Gasteiger partial charge in [0.1, 0.15) is 0 Å². The molecule has 1 heterocycles. The van der Waals surface area contributed by atoms with Crippen LogP contribution in [-0.4, -0.2) is 0 Å². The highest BCUT2D eigenvalue weighted by atomic mass is 35.7. The normalized spacial score (nSPS) is 10.9. The molecule has 6 nitrogen and oxygen atoms in total. The second-order valence-electron chi connectivity index (χ2n) is 3.62. The summed E-state index contributed by atoms with van der Waals surface area (Å²) in [7, 11) is -3.06. The van der Waals surface area contributed by atoms with Gasteiger partial charge in [0, 0.05) is 17.5 Å². The molecule has 0 saturated carbocycles. The van der Waals surface area contributed by atoms with Crippen molar-refractivity contribution >= 4 is 11.6 Å². The van der Waals surface area contributed by atoms with E-state index in [0.717, 1.165) is 22.0 Å². The fourth-order valence-corrected chi connectivity index (χ4v) is 1.40. The summed E-state index contributed by atoms with van der Waals surface area (Å²) in [5, 5.41) is 0.737. The number of aryl methyl sites for hydroxylation is 2. The van der Waals surface area contributed by atoms with Gasteiger partial charge in [-0.1, -0.05) is 11.6 Å². The highest BCUT2D eigenvalue weighted by molar-refractivity contribution is 6.30. The Bertz CT molecular complexity index is 508. The molecule has 2 aromatic rings. The van der Waals surface area contributed by atoms with Crippen molar-refractivity contribution < 1.29 is 38.1 Å². The summed E-state index contributed by atoms with van der Waals surface area (Å²) < 4.78 is 41.2. The van der Waals surface area contributed by atoms with Crippen molar-refractivity contribution in [1.82, 2.24) is 0 Å². The zero-order valence-corrected chi connectivity index (χ0v) is 11.6. The van der Waals surface area contributed by atoms with Gasteiger partial charge in [-0.2, -0.15) is 0 Å². The third-order valence-corrected chi connectivity index (χ3v) is 2.45. The first-order valence-electron chi connectivity index (χ1n) is 5.01. The minimum absolute atomic E-state index is 0.737. The molecule has 0 atom stereocenters. The molecule has 2 rings (SSSR count). The van der Waals surface area contributed by atoms with Crippen molar-refractivity contribution in [2.45, 2.75) is 6.92 Å². The largest absolute Gasteiger partial charge is 0.236 e. The van der Waals surface area contributed by atoms with E-state index in [-0.39, 0.29) is 0 Å². The summed E-state index contributed by atoms with van der Waals surface area (Å²) >= 11 is 5.80. The van der Waals surface area contributed by atoms with Crippen molar-refractivity contribution in [3.63, 3.8) is 0 Å². The van der Waals surface area contributed by atoms with Crippen LogP contribution in [0.25, 0.3) is 11.3 Å². The van der Waals surface area contributed by atoms with Crippen molar-refractivity contribution in [1.29, 1.82) is 0 Å². The number of benzene rings is 1. The van der Waals surface area contributed by atoms with Crippen LogP contribution in [0.15, 0.2) is 34.9 Å². The van der Waals surface area contributed by atoms with Gasteiger partial charge >= 0.3 is 0 Å². The molecule has 0 spiro atoms. The lowest BCUT2D eigenvalue weighted by Gasteiger charge is -2.17. The number of rotatable bonds is 1. The zero-order chi connectivity index (χ0) is 14.6. The van der Waals surface area contributed by atoms with Gasteiger partial charge in [-0.05, 0) is 29.0 Å². The highest BCUT2D eigenvalue weighted by Gasteiger charge is 2.12. The third kappa shape index (κ3) is 6.02. The first kappa shape index (κ1) is 15.9. The van der Waals surface area contributed by atoms with E-state index in [1.165, 1.54) is 0 Å². The maximum absolute atomic E-state index is 8.49.